The van der Waals surface area contributed by atoms with Gasteiger partial charge in [-0.1, -0.05) is 53.2 Å². The molecule has 0 atom stereocenters. The molecule has 0 radical (unpaired) electrons. The molecule has 0 spiro atoms. The number of hydrogen-bond donors (Lipinski definition) is 0. The number of benzene rings is 2. The average molecular weight is 433 g/mol. The zero-order valence-electron chi connectivity index (χ0n) is 18.5. The second-order valence-electron chi connectivity index (χ2n) is 7.78. The highest BCUT2D eigenvalue weighted by atomic mass is 16.5. The van der Waals surface area contributed by atoms with Crippen molar-refractivity contribution in [2.45, 2.75) is 20.4 Å². The predicted octanol–water partition coefficient (Wildman–Crippen LogP) is 3.80. The van der Waals surface area contributed by atoms with E-state index in [1.54, 1.807) is 6.08 Å². The lowest BCUT2D eigenvalue weighted by Crippen LogP contribution is -2.47. The summed E-state index contributed by atoms with van der Waals surface area (Å²) in [5, 5.41) is 4.10. The Morgan fingerprint density at radius 1 is 1.09 bits per heavy atom. The molecule has 2 heterocycles. The van der Waals surface area contributed by atoms with Gasteiger partial charge in [0, 0.05) is 43.4 Å². The van der Waals surface area contributed by atoms with Crippen molar-refractivity contribution >= 4 is 12.0 Å². The Morgan fingerprint density at radius 3 is 2.59 bits per heavy atom. The van der Waals surface area contributed by atoms with E-state index in [1.165, 1.54) is 5.56 Å². The largest absolute Gasteiger partial charge is 0.493 e. The summed E-state index contributed by atoms with van der Waals surface area (Å²) in [5.41, 5.74) is 3.04. The number of amides is 1. The summed E-state index contributed by atoms with van der Waals surface area (Å²) < 4.78 is 11.1. The van der Waals surface area contributed by atoms with Crippen LogP contribution in [0, 0.1) is 6.92 Å². The topological polar surface area (TPSA) is 71.7 Å². The van der Waals surface area contributed by atoms with Gasteiger partial charge in [-0.2, -0.15) is 4.98 Å². The van der Waals surface area contributed by atoms with Crippen molar-refractivity contribution in [2.24, 2.45) is 0 Å². The smallest absolute Gasteiger partial charge is 0.246 e. The molecule has 0 bridgehead atoms. The molecule has 4 rings (SSSR count). The maximum Gasteiger partial charge on any atom is 0.246 e. The van der Waals surface area contributed by atoms with E-state index in [4.69, 9.17) is 9.26 Å². The van der Waals surface area contributed by atoms with Crippen LogP contribution in [0.3, 0.4) is 0 Å². The van der Waals surface area contributed by atoms with Gasteiger partial charge in [-0.05, 0) is 26.0 Å². The van der Waals surface area contributed by atoms with Gasteiger partial charge in [-0.15, -0.1) is 0 Å². The second-order valence-corrected chi connectivity index (χ2v) is 7.78. The Kier molecular flexibility index (Phi) is 6.97. The second kappa shape index (κ2) is 10.2. The third kappa shape index (κ3) is 5.42. The number of nitrogens with zero attached hydrogens (tertiary/aromatic N) is 4. The van der Waals surface area contributed by atoms with Gasteiger partial charge in [-0.3, -0.25) is 9.69 Å². The molecule has 7 heteroatoms. The maximum atomic E-state index is 12.6. The summed E-state index contributed by atoms with van der Waals surface area (Å²) in [6.45, 7) is 8.01. The molecule has 0 saturated carbocycles. The number of hydrogen-bond acceptors (Lipinski definition) is 6. The highest BCUT2D eigenvalue weighted by Crippen LogP contribution is 2.20. The van der Waals surface area contributed by atoms with Gasteiger partial charge in [0.25, 0.3) is 0 Å². The summed E-state index contributed by atoms with van der Waals surface area (Å²) in [6, 6.07) is 15.8. The normalized spacial score (nSPS) is 14.8. The quantitative estimate of drug-likeness (QED) is 0.529. The molecule has 1 aromatic heterocycles. The number of piperazine rings is 1. The van der Waals surface area contributed by atoms with Gasteiger partial charge in [0.15, 0.2) is 0 Å². The summed E-state index contributed by atoms with van der Waals surface area (Å²) in [7, 11) is 0. The fraction of sp³-hybridized carbons (Fsp3) is 0.320. The van der Waals surface area contributed by atoms with Gasteiger partial charge >= 0.3 is 0 Å². The maximum absolute atomic E-state index is 12.6. The highest BCUT2D eigenvalue weighted by Gasteiger charge is 2.21. The Labute approximate surface area is 188 Å². The number of aryl methyl sites for hydroxylation is 1. The lowest BCUT2D eigenvalue weighted by Gasteiger charge is -2.33. The predicted molar refractivity (Wildman–Crippen MR) is 123 cm³/mol. The Hall–Kier alpha value is -3.45. The van der Waals surface area contributed by atoms with E-state index < -0.39 is 0 Å². The van der Waals surface area contributed by atoms with Gasteiger partial charge in [-0.25, -0.2) is 0 Å². The molecule has 1 saturated heterocycles. The summed E-state index contributed by atoms with van der Waals surface area (Å²) >= 11 is 0. The van der Waals surface area contributed by atoms with Crippen molar-refractivity contribution in [3.8, 4) is 17.1 Å². The van der Waals surface area contributed by atoms with Crippen molar-refractivity contribution in [1.29, 1.82) is 0 Å². The number of aromatic nitrogens is 2. The van der Waals surface area contributed by atoms with Gasteiger partial charge < -0.3 is 14.2 Å². The molecular weight excluding hydrogens is 404 g/mol. The summed E-state index contributed by atoms with van der Waals surface area (Å²) in [5.74, 6) is 1.99. The van der Waals surface area contributed by atoms with Crippen LogP contribution in [0.2, 0.25) is 0 Å². The van der Waals surface area contributed by atoms with Gasteiger partial charge in [0.2, 0.25) is 17.6 Å². The Bertz CT molecular complexity index is 1070. The minimum absolute atomic E-state index is 0.00963. The third-order valence-corrected chi connectivity index (χ3v) is 5.45. The van der Waals surface area contributed by atoms with Crippen LogP contribution in [0.1, 0.15) is 23.9 Å². The third-order valence-electron chi connectivity index (χ3n) is 5.45. The van der Waals surface area contributed by atoms with Crippen LogP contribution in [-0.2, 0) is 11.3 Å². The fourth-order valence-corrected chi connectivity index (χ4v) is 3.63. The van der Waals surface area contributed by atoms with Crippen LogP contribution in [0.5, 0.6) is 5.75 Å². The number of ether oxygens (including phenoxy) is 1. The number of rotatable bonds is 7. The van der Waals surface area contributed by atoms with Crippen LogP contribution in [0.25, 0.3) is 17.5 Å². The molecule has 1 amide bonds. The van der Waals surface area contributed by atoms with E-state index in [9.17, 15) is 4.79 Å². The van der Waals surface area contributed by atoms with Gasteiger partial charge in [0.1, 0.15) is 5.75 Å². The van der Waals surface area contributed by atoms with Crippen molar-refractivity contribution in [1.82, 2.24) is 19.9 Å². The van der Waals surface area contributed by atoms with Crippen LogP contribution >= 0.6 is 0 Å². The molecule has 7 nitrogen and oxygen atoms in total. The first kappa shape index (κ1) is 21.8. The first-order valence-corrected chi connectivity index (χ1v) is 10.9. The molecule has 32 heavy (non-hydrogen) atoms. The van der Waals surface area contributed by atoms with Gasteiger partial charge in [0.05, 0.1) is 13.2 Å². The minimum Gasteiger partial charge on any atom is -0.493 e. The van der Waals surface area contributed by atoms with E-state index >= 15 is 0 Å². The van der Waals surface area contributed by atoms with E-state index in [0.29, 0.717) is 38.0 Å². The fourth-order valence-electron chi connectivity index (χ4n) is 3.63. The van der Waals surface area contributed by atoms with E-state index in [1.807, 2.05) is 73.4 Å². The molecule has 2 aromatic carbocycles. The first-order chi connectivity index (χ1) is 15.6. The van der Waals surface area contributed by atoms with Crippen molar-refractivity contribution in [3.05, 3.63) is 71.6 Å². The average Bonchev–Trinajstić information content (AvgIpc) is 3.28. The molecule has 0 unspecified atom stereocenters. The standard InChI is InChI=1S/C25H28N4O3/c1-3-31-22-7-5-4-6-20(22)12-13-24(30)29-16-14-28(15-17-29)18-23-26-25(27-32-23)21-10-8-19(2)9-11-21/h4-13H,3,14-18H2,1-2H3/b13-12+. The zero-order chi connectivity index (χ0) is 22.3. The van der Waals surface area contributed by atoms with Crippen molar-refractivity contribution in [2.75, 3.05) is 32.8 Å². The summed E-state index contributed by atoms with van der Waals surface area (Å²) in [6.07, 6.45) is 3.45. The lowest BCUT2D eigenvalue weighted by molar-refractivity contribution is -0.127. The minimum atomic E-state index is 0.00963. The molecule has 1 fully saturated rings. The van der Waals surface area contributed by atoms with E-state index in [2.05, 4.69) is 15.0 Å². The molecular formula is C25H28N4O3. The number of carbonyl (C=O) groups is 1. The highest BCUT2D eigenvalue weighted by molar-refractivity contribution is 5.92. The molecule has 0 N–H and O–H groups in total. The van der Waals surface area contributed by atoms with E-state index in [0.717, 1.165) is 30.0 Å². The summed E-state index contributed by atoms with van der Waals surface area (Å²) in [4.78, 5) is 21.2. The monoisotopic (exact) mass is 432 g/mol. The van der Waals surface area contributed by atoms with E-state index in [-0.39, 0.29) is 5.91 Å². The van der Waals surface area contributed by atoms with Crippen LogP contribution in [-0.4, -0.2) is 58.6 Å². The van der Waals surface area contributed by atoms with Crippen LogP contribution < -0.4 is 4.74 Å². The SMILES string of the molecule is CCOc1ccccc1/C=C/C(=O)N1CCN(Cc2nc(-c3ccc(C)cc3)no2)CC1. The zero-order valence-corrected chi connectivity index (χ0v) is 18.5. The van der Waals surface area contributed by atoms with Crippen LogP contribution in [0.4, 0.5) is 0 Å². The van der Waals surface area contributed by atoms with Crippen molar-refractivity contribution in [3.63, 3.8) is 0 Å². The molecule has 0 aliphatic carbocycles. The van der Waals surface area contributed by atoms with Crippen LogP contribution in [0.15, 0.2) is 59.1 Å². The Balaban J connectivity index is 1.29. The molecule has 1 aliphatic heterocycles. The van der Waals surface area contributed by atoms with Crippen molar-refractivity contribution < 1.29 is 14.1 Å². The first-order valence-electron chi connectivity index (χ1n) is 10.9. The lowest BCUT2D eigenvalue weighted by atomic mass is 10.1. The number of para-hydroxylation sites is 1. The molecule has 3 aromatic rings. The Morgan fingerprint density at radius 2 is 1.84 bits per heavy atom. The molecule has 166 valence electrons. The number of carbonyl (C=O) groups excluding carboxylic acids is 1. The molecule has 1 aliphatic rings.